The highest BCUT2D eigenvalue weighted by atomic mass is 16.5. The van der Waals surface area contributed by atoms with E-state index in [0.717, 1.165) is 24.5 Å². The van der Waals surface area contributed by atoms with Gasteiger partial charge >= 0.3 is 0 Å². The molecule has 0 saturated carbocycles. The fourth-order valence-corrected chi connectivity index (χ4v) is 4.84. The van der Waals surface area contributed by atoms with Crippen molar-refractivity contribution in [2.24, 2.45) is 0 Å². The molecule has 2 aliphatic heterocycles. The summed E-state index contributed by atoms with van der Waals surface area (Å²) in [6.45, 7) is 2.31. The fourth-order valence-electron chi connectivity index (χ4n) is 4.84. The van der Waals surface area contributed by atoms with Gasteiger partial charge in [-0.25, -0.2) is 0 Å². The van der Waals surface area contributed by atoms with Gasteiger partial charge in [0.05, 0.1) is 14.2 Å². The standard InChI is InChI=1S/C22H23NO2/c1-24-21-11-18-15-7-3-4-8-16(15)20-13-23-9-5-6-14(23)10-17(20)19(18)12-22(21)25-2/h3-4,7-8,11-12,14H,5-6,9-10,13H2,1-2H3/t14-/m0/s1. The largest absolute Gasteiger partial charge is 0.493 e. The summed E-state index contributed by atoms with van der Waals surface area (Å²) in [5, 5.41) is 5.31. The Labute approximate surface area is 148 Å². The van der Waals surface area contributed by atoms with E-state index >= 15 is 0 Å². The van der Waals surface area contributed by atoms with Gasteiger partial charge in [0.25, 0.3) is 0 Å². The van der Waals surface area contributed by atoms with E-state index in [1.165, 1.54) is 52.1 Å². The van der Waals surface area contributed by atoms with Gasteiger partial charge in [0.15, 0.2) is 11.5 Å². The van der Waals surface area contributed by atoms with Crippen molar-refractivity contribution in [3.8, 4) is 11.5 Å². The van der Waals surface area contributed by atoms with Gasteiger partial charge in [-0.1, -0.05) is 24.3 Å². The monoisotopic (exact) mass is 333 g/mol. The second-order valence-electron chi connectivity index (χ2n) is 7.23. The van der Waals surface area contributed by atoms with Crippen molar-refractivity contribution in [1.29, 1.82) is 0 Å². The molecule has 0 aromatic heterocycles. The fraction of sp³-hybridized carbons (Fsp3) is 0.364. The van der Waals surface area contributed by atoms with E-state index in [1.807, 2.05) is 0 Å². The van der Waals surface area contributed by atoms with E-state index in [-0.39, 0.29) is 0 Å². The molecule has 128 valence electrons. The number of methoxy groups -OCH3 is 2. The van der Waals surface area contributed by atoms with Gasteiger partial charge in [-0.2, -0.15) is 0 Å². The Hall–Kier alpha value is -2.26. The first-order valence-corrected chi connectivity index (χ1v) is 9.12. The van der Waals surface area contributed by atoms with Crippen molar-refractivity contribution in [1.82, 2.24) is 4.90 Å². The molecule has 3 heteroatoms. The van der Waals surface area contributed by atoms with Gasteiger partial charge in [0.1, 0.15) is 0 Å². The third-order valence-corrected chi connectivity index (χ3v) is 6.06. The smallest absolute Gasteiger partial charge is 0.161 e. The predicted octanol–water partition coefficient (Wildman–Crippen LogP) is 4.53. The molecule has 0 spiro atoms. The number of fused-ring (bicyclic) bond motifs is 7. The number of hydrogen-bond donors (Lipinski definition) is 0. The summed E-state index contributed by atoms with van der Waals surface area (Å²) in [6.07, 6.45) is 3.79. The normalized spacial score (nSPS) is 19.8. The van der Waals surface area contributed by atoms with Crippen LogP contribution in [-0.2, 0) is 13.0 Å². The Bertz CT molecular complexity index is 979. The van der Waals surface area contributed by atoms with Crippen LogP contribution in [0.3, 0.4) is 0 Å². The van der Waals surface area contributed by atoms with Crippen molar-refractivity contribution < 1.29 is 9.47 Å². The number of benzene rings is 3. The molecule has 3 aromatic rings. The van der Waals surface area contributed by atoms with Gasteiger partial charge in [0.2, 0.25) is 0 Å². The summed E-state index contributed by atoms with van der Waals surface area (Å²) in [4.78, 5) is 2.67. The van der Waals surface area contributed by atoms with Crippen LogP contribution in [0, 0.1) is 0 Å². The zero-order chi connectivity index (χ0) is 17.0. The van der Waals surface area contributed by atoms with Crippen LogP contribution >= 0.6 is 0 Å². The summed E-state index contributed by atoms with van der Waals surface area (Å²) < 4.78 is 11.2. The molecule has 1 atom stereocenters. The van der Waals surface area contributed by atoms with Crippen molar-refractivity contribution in [2.45, 2.75) is 31.8 Å². The van der Waals surface area contributed by atoms with Crippen molar-refractivity contribution in [2.75, 3.05) is 20.8 Å². The van der Waals surface area contributed by atoms with E-state index < -0.39 is 0 Å². The lowest BCUT2D eigenvalue weighted by Gasteiger charge is -2.33. The molecule has 5 rings (SSSR count). The SMILES string of the molecule is COc1cc2c3c(c4ccccc4c2cc1OC)CN1CCC[C@H]1C3. The van der Waals surface area contributed by atoms with Crippen molar-refractivity contribution in [3.63, 3.8) is 0 Å². The van der Waals surface area contributed by atoms with Gasteiger partial charge < -0.3 is 9.47 Å². The lowest BCUT2D eigenvalue weighted by Crippen LogP contribution is -2.35. The molecule has 2 aliphatic rings. The minimum absolute atomic E-state index is 0.699. The Kier molecular flexibility index (Phi) is 3.39. The molecule has 0 bridgehead atoms. The number of rotatable bonds is 2. The van der Waals surface area contributed by atoms with Gasteiger partial charge in [-0.3, -0.25) is 4.90 Å². The highest BCUT2D eigenvalue weighted by Crippen LogP contribution is 2.43. The van der Waals surface area contributed by atoms with E-state index in [1.54, 1.807) is 14.2 Å². The van der Waals surface area contributed by atoms with Crippen LogP contribution in [0.2, 0.25) is 0 Å². The molecule has 1 saturated heterocycles. The second-order valence-corrected chi connectivity index (χ2v) is 7.23. The van der Waals surface area contributed by atoms with Gasteiger partial charge in [-0.05, 0) is 70.6 Å². The molecule has 2 heterocycles. The van der Waals surface area contributed by atoms with E-state index in [9.17, 15) is 0 Å². The molecular weight excluding hydrogens is 310 g/mol. The zero-order valence-corrected chi connectivity index (χ0v) is 14.8. The lowest BCUT2D eigenvalue weighted by molar-refractivity contribution is 0.229. The third kappa shape index (κ3) is 2.15. The Morgan fingerprint density at radius 3 is 2.36 bits per heavy atom. The number of hydrogen-bond acceptors (Lipinski definition) is 3. The molecule has 0 aliphatic carbocycles. The first kappa shape index (κ1) is 15.0. The average molecular weight is 333 g/mol. The van der Waals surface area contributed by atoms with E-state index in [4.69, 9.17) is 9.47 Å². The molecule has 0 amide bonds. The Morgan fingerprint density at radius 1 is 0.880 bits per heavy atom. The minimum Gasteiger partial charge on any atom is -0.493 e. The van der Waals surface area contributed by atoms with Crippen molar-refractivity contribution >= 4 is 21.5 Å². The molecule has 3 aromatic carbocycles. The van der Waals surface area contributed by atoms with E-state index in [2.05, 4.69) is 41.3 Å². The second kappa shape index (κ2) is 5.63. The molecule has 1 fully saturated rings. The average Bonchev–Trinajstić information content (AvgIpc) is 3.13. The third-order valence-electron chi connectivity index (χ3n) is 6.06. The minimum atomic E-state index is 0.699. The Morgan fingerprint density at radius 2 is 1.60 bits per heavy atom. The van der Waals surface area contributed by atoms with Crippen molar-refractivity contribution in [3.05, 3.63) is 47.5 Å². The molecular formula is C22H23NO2. The van der Waals surface area contributed by atoms with Crippen LogP contribution < -0.4 is 9.47 Å². The maximum Gasteiger partial charge on any atom is 0.161 e. The Balaban J connectivity index is 1.88. The van der Waals surface area contributed by atoms with Crippen LogP contribution in [0.25, 0.3) is 21.5 Å². The molecule has 0 radical (unpaired) electrons. The predicted molar refractivity (Wildman–Crippen MR) is 102 cm³/mol. The first-order chi connectivity index (χ1) is 12.3. The topological polar surface area (TPSA) is 21.7 Å². The summed E-state index contributed by atoms with van der Waals surface area (Å²) in [7, 11) is 3.43. The lowest BCUT2D eigenvalue weighted by atomic mass is 9.85. The highest BCUT2D eigenvalue weighted by Gasteiger charge is 2.32. The highest BCUT2D eigenvalue weighted by molar-refractivity contribution is 6.11. The van der Waals surface area contributed by atoms with Gasteiger partial charge in [-0.15, -0.1) is 0 Å². The first-order valence-electron chi connectivity index (χ1n) is 9.12. The van der Waals surface area contributed by atoms with E-state index in [0.29, 0.717) is 6.04 Å². The zero-order valence-electron chi connectivity index (χ0n) is 14.8. The summed E-state index contributed by atoms with van der Waals surface area (Å²) in [6, 6.07) is 13.8. The maximum atomic E-state index is 5.60. The van der Waals surface area contributed by atoms with Crippen LogP contribution in [0.4, 0.5) is 0 Å². The van der Waals surface area contributed by atoms with Crippen LogP contribution in [0.1, 0.15) is 24.0 Å². The van der Waals surface area contributed by atoms with Crippen LogP contribution in [-0.4, -0.2) is 31.7 Å². The molecule has 0 unspecified atom stereocenters. The number of ether oxygens (including phenoxy) is 2. The summed E-state index contributed by atoms with van der Waals surface area (Å²) in [5.74, 6) is 1.62. The summed E-state index contributed by atoms with van der Waals surface area (Å²) in [5.41, 5.74) is 3.02. The molecule has 0 N–H and O–H groups in total. The molecule has 25 heavy (non-hydrogen) atoms. The maximum absolute atomic E-state index is 5.60. The van der Waals surface area contributed by atoms with Crippen LogP contribution in [0.15, 0.2) is 36.4 Å². The molecule has 3 nitrogen and oxygen atoms in total. The summed E-state index contributed by atoms with van der Waals surface area (Å²) >= 11 is 0. The van der Waals surface area contributed by atoms with Gasteiger partial charge in [0, 0.05) is 12.6 Å². The van der Waals surface area contributed by atoms with Crippen LogP contribution in [0.5, 0.6) is 11.5 Å². The number of nitrogens with zero attached hydrogens (tertiary/aromatic N) is 1. The quantitative estimate of drug-likeness (QED) is 0.643.